The van der Waals surface area contributed by atoms with Gasteiger partial charge < -0.3 is 20.2 Å². The van der Waals surface area contributed by atoms with E-state index in [0.717, 1.165) is 12.8 Å². The molecule has 0 aromatic carbocycles. The van der Waals surface area contributed by atoms with Crippen molar-refractivity contribution in [3.05, 3.63) is 23.7 Å². The summed E-state index contributed by atoms with van der Waals surface area (Å²) in [6.07, 6.45) is 6.63. The number of nitrogens with two attached hydrogens (primary N) is 1. The first-order valence-electron chi connectivity index (χ1n) is 6.47. The molecule has 0 bridgehead atoms. The lowest BCUT2D eigenvalue weighted by Gasteiger charge is -2.10. The van der Waals surface area contributed by atoms with Crippen LogP contribution in [-0.2, 0) is 11.3 Å². The molecule has 0 saturated heterocycles. The van der Waals surface area contributed by atoms with Gasteiger partial charge in [-0.15, -0.1) is 12.4 Å². The van der Waals surface area contributed by atoms with E-state index in [1.54, 1.807) is 6.07 Å². The van der Waals surface area contributed by atoms with Gasteiger partial charge in [-0.25, -0.2) is 0 Å². The van der Waals surface area contributed by atoms with Gasteiger partial charge >= 0.3 is 0 Å². The summed E-state index contributed by atoms with van der Waals surface area (Å²) in [5.41, 5.74) is 5.92. The van der Waals surface area contributed by atoms with Crippen molar-refractivity contribution >= 4 is 18.3 Å². The van der Waals surface area contributed by atoms with Gasteiger partial charge in [0, 0.05) is 6.54 Å². The van der Waals surface area contributed by atoms with E-state index in [4.69, 9.17) is 14.9 Å². The first kappa shape index (κ1) is 16.0. The van der Waals surface area contributed by atoms with Crippen molar-refractivity contribution in [3.63, 3.8) is 0 Å². The van der Waals surface area contributed by atoms with Crippen molar-refractivity contribution in [1.29, 1.82) is 0 Å². The maximum Gasteiger partial charge on any atom is 0.254 e. The minimum atomic E-state index is -0.145. The fraction of sp³-hybridized carbons (Fsp3) is 0.615. The van der Waals surface area contributed by atoms with Gasteiger partial charge in [-0.2, -0.15) is 0 Å². The van der Waals surface area contributed by atoms with E-state index in [9.17, 15) is 4.79 Å². The van der Waals surface area contributed by atoms with E-state index in [2.05, 4.69) is 5.32 Å². The number of rotatable bonds is 6. The highest BCUT2D eigenvalue weighted by Gasteiger charge is 2.15. The van der Waals surface area contributed by atoms with E-state index >= 15 is 0 Å². The van der Waals surface area contributed by atoms with Gasteiger partial charge in [0.15, 0.2) is 0 Å². The molecule has 1 aliphatic carbocycles. The van der Waals surface area contributed by atoms with Gasteiger partial charge in [-0.05, 0) is 18.9 Å². The maximum absolute atomic E-state index is 11.7. The SMILES string of the molecule is Cl.NCc1cc(C(=O)NCCOC2CCCC2)co1. The number of furan rings is 1. The first-order valence-corrected chi connectivity index (χ1v) is 6.47. The van der Waals surface area contributed by atoms with Crippen molar-refractivity contribution in [2.75, 3.05) is 13.2 Å². The second-order valence-electron chi connectivity index (χ2n) is 4.54. The van der Waals surface area contributed by atoms with Crippen LogP contribution in [0.5, 0.6) is 0 Å². The number of hydrogen-bond acceptors (Lipinski definition) is 4. The van der Waals surface area contributed by atoms with Crippen molar-refractivity contribution in [2.24, 2.45) is 5.73 Å². The zero-order valence-corrected chi connectivity index (χ0v) is 11.7. The average molecular weight is 289 g/mol. The largest absolute Gasteiger partial charge is 0.467 e. The van der Waals surface area contributed by atoms with Crippen molar-refractivity contribution in [3.8, 4) is 0 Å². The molecule has 0 unspecified atom stereocenters. The lowest BCUT2D eigenvalue weighted by Crippen LogP contribution is -2.28. The third-order valence-corrected chi connectivity index (χ3v) is 3.16. The quantitative estimate of drug-likeness (QED) is 0.783. The lowest BCUT2D eigenvalue weighted by molar-refractivity contribution is 0.0581. The molecule has 1 saturated carbocycles. The minimum absolute atomic E-state index is 0. The highest BCUT2D eigenvalue weighted by atomic mass is 35.5. The molecule has 6 heteroatoms. The van der Waals surface area contributed by atoms with Crippen molar-refractivity contribution in [1.82, 2.24) is 5.32 Å². The molecule has 5 nitrogen and oxygen atoms in total. The van der Waals surface area contributed by atoms with Crippen LogP contribution in [0.2, 0.25) is 0 Å². The third kappa shape index (κ3) is 4.86. The Morgan fingerprint density at radius 2 is 2.21 bits per heavy atom. The maximum atomic E-state index is 11.7. The Hall–Kier alpha value is -1.04. The Kier molecular flexibility index (Phi) is 6.91. The Morgan fingerprint density at radius 1 is 1.47 bits per heavy atom. The molecular weight excluding hydrogens is 268 g/mol. The topological polar surface area (TPSA) is 77.5 Å². The molecule has 1 aromatic heterocycles. The summed E-state index contributed by atoms with van der Waals surface area (Å²) in [6.45, 7) is 1.40. The summed E-state index contributed by atoms with van der Waals surface area (Å²) < 4.78 is 10.8. The molecule has 1 aliphatic rings. The van der Waals surface area contributed by atoms with Gasteiger partial charge in [0.25, 0.3) is 5.91 Å². The number of halogens is 1. The summed E-state index contributed by atoms with van der Waals surface area (Å²) in [6, 6.07) is 1.66. The summed E-state index contributed by atoms with van der Waals surface area (Å²) in [4.78, 5) is 11.7. The van der Waals surface area contributed by atoms with Crippen LogP contribution in [0.1, 0.15) is 41.8 Å². The Labute approximate surface area is 119 Å². The second kappa shape index (κ2) is 8.19. The Morgan fingerprint density at radius 3 is 2.84 bits per heavy atom. The monoisotopic (exact) mass is 288 g/mol. The third-order valence-electron chi connectivity index (χ3n) is 3.16. The van der Waals surface area contributed by atoms with E-state index in [1.165, 1.54) is 19.1 Å². The van der Waals surface area contributed by atoms with Crippen LogP contribution in [0, 0.1) is 0 Å². The molecule has 19 heavy (non-hydrogen) atoms. The fourth-order valence-electron chi connectivity index (χ4n) is 2.15. The van der Waals surface area contributed by atoms with Gasteiger partial charge in [-0.1, -0.05) is 12.8 Å². The highest BCUT2D eigenvalue weighted by molar-refractivity contribution is 5.93. The van der Waals surface area contributed by atoms with Crippen LogP contribution >= 0.6 is 12.4 Å². The molecule has 108 valence electrons. The summed E-state index contributed by atoms with van der Waals surface area (Å²) in [5, 5.41) is 2.80. The Balaban J connectivity index is 0.00000180. The molecule has 2 rings (SSSR count). The molecular formula is C13H21ClN2O3. The molecule has 3 N–H and O–H groups in total. The van der Waals surface area contributed by atoms with Crippen molar-refractivity contribution < 1.29 is 13.9 Å². The molecule has 0 atom stereocenters. The second-order valence-corrected chi connectivity index (χ2v) is 4.54. The number of hydrogen-bond donors (Lipinski definition) is 2. The summed E-state index contributed by atoms with van der Waals surface area (Å²) in [7, 11) is 0. The van der Waals surface area contributed by atoms with E-state index in [1.807, 2.05) is 0 Å². The van der Waals surface area contributed by atoms with Crippen LogP contribution < -0.4 is 11.1 Å². The number of nitrogens with one attached hydrogen (secondary N) is 1. The average Bonchev–Trinajstić information content (AvgIpc) is 3.05. The smallest absolute Gasteiger partial charge is 0.254 e. The number of ether oxygens (including phenoxy) is 1. The van der Waals surface area contributed by atoms with E-state index in [-0.39, 0.29) is 18.3 Å². The number of amides is 1. The first-order chi connectivity index (χ1) is 8.79. The van der Waals surface area contributed by atoms with Crippen LogP contribution in [-0.4, -0.2) is 25.2 Å². The van der Waals surface area contributed by atoms with E-state index in [0.29, 0.717) is 37.1 Å². The zero-order valence-electron chi connectivity index (χ0n) is 10.9. The zero-order chi connectivity index (χ0) is 12.8. The molecule has 1 heterocycles. The van der Waals surface area contributed by atoms with E-state index < -0.39 is 0 Å². The highest BCUT2D eigenvalue weighted by Crippen LogP contribution is 2.20. The molecule has 1 fully saturated rings. The lowest BCUT2D eigenvalue weighted by atomic mass is 10.3. The predicted molar refractivity (Wildman–Crippen MR) is 74.4 cm³/mol. The molecule has 1 amide bonds. The normalized spacial score (nSPS) is 15.2. The van der Waals surface area contributed by atoms with Crippen molar-refractivity contribution in [2.45, 2.75) is 38.3 Å². The Bertz CT molecular complexity index is 389. The van der Waals surface area contributed by atoms with Crippen LogP contribution in [0.25, 0.3) is 0 Å². The standard InChI is InChI=1S/C13H20N2O3.ClH/c14-8-12-7-10(9-18-12)13(16)15-5-6-17-11-3-1-2-4-11;/h7,9,11H,1-6,8,14H2,(H,15,16);1H. The molecule has 0 spiro atoms. The fourth-order valence-corrected chi connectivity index (χ4v) is 2.15. The van der Waals surface area contributed by atoms with Crippen LogP contribution in [0.3, 0.4) is 0 Å². The summed E-state index contributed by atoms with van der Waals surface area (Å²) in [5.74, 6) is 0.468. The molecule has 0 radical (unpaired) electrons. The van der Waals surface area contributed by atoms with Gasteiger partial charge in [0.2, 0.25) is 0 Å². The molecule has 0 aliphatic heterocycles. The minimum Gasteiger partial charge on any atom is -0.467 e. The van der Waals surface area contributed by atoms with Gasteiger partial charge in [0.05, 0.1) is 24.8 Å². The molecule has 1 aromatic rings. The van der Waals surface area contributed by atoms with Gasteiger partial charge in [0.1, 0.15) is 12.0 Å². The summed E-state index contributed by atoms with van der Waals surface area (Å²) >= 11 is 0. The predicted octanol–water partition coefficient (Wildman–Crippen LogP) is 1.85. The van der Waals surface area contributed by atoms with Crippen LogP contribution in [0.15, 0.2) is 16.7 Å². The number of carbonyl (C=O) groups is 1. The van der Waals surface area contributed by atoms with Crippen LogP contribution in [0.4, 0.5) is 0 Å². The van der Waals surface area contributed by atoms with Gasteiger partial charge in [-0.3, -0.25) is 4.79 Å². The number of carbonyl (C=O) groups excluding carboxylic acids is 1.